The van der Waals surface area contributed by atoms with Gasteiger partial charge in [-0.3, -0.25) is 9.59 Å². The number of aromatic nitrogens is 1. The number of carbonyl (C=O) groups is 2. The van der Waals surface area contributed by atoms with Crippen LogP contribution in [0.3, 0.4) is 0 Å². The number of anilines is 1. The summed E-state index contributed by atoms with van der Waals surface area (Å²) in [6.45, 7) is 2.90. The predicted molar refractivity (Wildman–Crippen MR) is 120 cm³/mol. The molecule has 162 valence electrons. The number of likely N-dealkylation sites (tertiary alicyclic amines) is 1. The molecule has 1 aromatic heterocycles. The lowest BCUT2D eigenvalue weighted by Gasteiger charge is -2.39. The van der Waals surface area contributed by atoms with Crippen molar-refractivity contribution in [1.29, 1.82) is 0 Å². The minimum Gasteiger partial charge on any atom is -0.353 e. The van der Waals surface area contributed by atoms with Crippen LogP contribution in [-0.4, -0.2) is 64.9 Å². The highest BCUT2D eigenvalue weighted by atomic mass is 16.2. The van der Waals surface area contributed by atoms with E-state index in [9.17, 15) is 9.59 Å². The Hall–Kier alpha value is -2.89. The molecular weight excluding hydrogens is 388 g/mol. The summed E-state index contributed by atoms with van der Waals surface area (Å²) < 4.78 is 0. The first kappa shape index (κ1) is 20.0. The number of nitrogens with zero attached hydrogens (tertiary/aromatic N) is 4. The third-order valence-electron chi connectivity index (χ3n) is 7.19. The Morgan fingerprint density at radius 1 is 0.871 bits per heavy atom. The van der Waals surface area contributed by atoms with Gasteiger partial charge in [-0.15, -0.1) is 0 Å². The first-order valence-electron chi connectivity index (χ1n) is 11.5. The number of rotatable bonds is 3. The van der Waals surface area contributed by atoms with Crippen LogP contribution in [0.4, 0.5) is 5.82 Å². The molecule has 3 fully saturated rings. The number of pyridine rings is 1. The van der Waals surface area contributed by atoms with Crippen molar-refractivity contribution < 1.29 is 9.59 Å². The van der Waals surface area contributed by atoms with Gasteiger partial charge in [0, 0.05) is 44.0 Å². The molecule has 0 N–H and O–H groups in total. The normalized spacial score (nSPS) is 25.9. The summed E-state index contributed by atoms with van der Waals surface area (Å²) in [5.74, 6) is 1.55. The van der Waals surface area contributed by atoms with Crippen LogP contribution in [0.1, 0.15) is 42.5 Å². The SMILES string of the molecule is O=C(C1CC2CCCCC2N1C(=O)c1ccccc1)N1CCN(c2ccccn2)CC1. The first-order valence-corrected chi connectivity index (χ1v) is 11.5. The highest BCUT2D eigenvalue weighted by Gasteiger charge is 2.48. The molecule has 3 unspecified atom stereocenters. The Morgan fingerprint density at radius 3 is 2.35 bits per heavy atom. The van der Waals surface area contributed by atoms with Gasteiger partial charge in [-0.2, -0.15) is 0 Å². The van der Waals surface area contributed by atoms with Gasteiger partial charge in [0.15, 0.2) is 0 Å². The fraction of sp³-hybridized carbons (Fsp3) is 0.480. The fourth-order valence-electron chi connectivity index (χ4n) is 5.61. The largest absolute Gasteiger partial charge is 0.353 e. The maximum atomic E-state index is 13.6. The maximum absolute atomic E-state index is 13.6. The van der Waals surface area contributed by atoms with Crippen molar-refractivity contribution in [2.24, 2.45) is 5.92 Å². The van der Waals surface area contributed by atoms with Crippen LogP contribution < -0.4 is 4.90 Å². The van der Waals surface area contributed by atoms with Crippen LogP contribution in [-0.2, 0) is 4.79 Å². The number of hydrogen-bond acceptors (Lipinski definition) is 4. The van der Waals surface area contributed by atoms with Crippen molar-refractivity contribution >= 4 is 17.6 Å². The summed E-state index contributed by atoms with van der Waals surface area (Å²) in [5, 5.41) is 0. The second-order valence-electron chi connectivity index (χ2n) is 8.94. The van der Waals surface area contributed by atoms with Gasteiger partial charge < -0.3 is 14.7 Å². The molecule has 31 heavy (non-hydrogen) atoms. The zero-order valence-electron chi connectivity index (χ0n) is 17.9. The van der Waals surface area contributed by atoms with Gasteiger partial charge in [0.25, 0.3) is 5.91 Å². The Kier molecular flexibility index (Phi) is 5.62. The number of fused-ring (bicyclic) bond motifs is 1. The van der Waals surface area contributed by atoms with Crippen LogP contribution in [0.2, 0.25) is 0 Å². The lowest BCUT2D eigenvalue weighted by molar-refractivity contribution is -0.136. The number of carbonyl (C=O) groups excluding carboxylic acids is 2. The Morgan fingerprint density at radius 2 is 1.61 bits per heavy atom. The van der Waals surface area contributed by atoms with Gasteiger partial charge in [-0.1, -0.05) is 37.1 Å². The van der Waals surface area contributed by atoms with Crippen LogP contribution >= 0.6 is 0 Å². The third kappa shape index (κ3) is 3.91. The highest BCUT2D eigenvalue weighted by molar-refractivity contribution is 5.98. The van der Waals surface area contributed by atoms with Gasteiger partial charge in [0.05, 0.1) is 0 Å². The molecule has 3 atom stereocenters. The first-order chi connectivity index (χ1) is 15.2. The Bertz CT molecular complexity index is 912. The molecule has 6 nitrogen and oxygen atoms in total. The van der Waals surface area contributed by atoms with E-state index in [1.165, 1.54) is 6.42 Å². The van der Waals surface area contributed by atoms with Crippen LogP contribution in [0, 0.1) is 5.92 Å². The molecule has 3 aliphatic rings. The standard InChI is InChI=1S/C25H30N4O2/c30-24(19-8-2-1-3-9-19)29-21-11-5-4-10-20(21)18-22(29)25(31)28-16-14-27(15-17-28)23-12-6-7-13-26-23/h1-3,6-9,12-13,20-22H,4-5,10-11,14-18H2. The van der Waals surface area contributed by atoms with Gasteiger partial charge in [0.1, 0.15) is 11.9 Å². The molecule has 2 aromatic rings. The molecular formula is C25H30N4O2. The van der Waals surface area contributed by atoms with Crippen molar-refractivity contribution in [3.8, 4) is 0 Å². The predicted octanol–water partition coefficient (Wildman–Crippen LogP) is 3.20. The van der Waals surface area contributed by atoms with Gasteiger partial charge >= 0.3 is 0 Å². The molecule has 2 saturated heterocycles. The average molecular weight is 419 g/mol. The quantitative estimate of drug-likeness (QED) is 0.768. The molecule has 1 aromatic carbocycles. The molecule has 0 radical (unpaired) electrons. The molecule has 3 heterocycles. The van der Waals surface area contributed by atoms with E-state index in [1.807, 2.05) is 58.3 Å². The summed E-state index contributed by atoms with van der Waals surface area (Å²) >= 11 is 0. The summed E-state index contributed by atoms with van der Waals surface area (Å²) in [5.41, 5.74) is 0.687. The van der Waals surface area contributed by atoms with E-state index in [0.29, 0.717) is 24.6 Å². The summed E-state index contributed by atoms with van der Waals surface area (Å²) in [7, 11) is 0. The lowest BCUT2D eigenvalue weighted by Crippen LogP contribution is -2.55. The number of benzene rings is 1. The van der Waals surface area contributed by atoms with Crippen molar-refractivity contribution in [3.63, 3.8) is 0 Å². The van der Waals surface area contributed by atoms with E-state index < -0.39 is 0 Å². The monoisotopic (exact) mass is 418 g/mol. The summed E-state index contributed by atoms with van der Waals surface area (Å²) in [6.07, 6.45) is 7.10. The van der Waals surface area contributed by atoms with Crippen molar-refractivity contribution in [2.75, 3.05) is 31.1 Å². The summed E-state index contributed by atoms with van der Waals surface area (Å²) in [6, 6.07) is 15.2. The van der Waals surface area contributed by atoms with E-state index >= 15 is 0 Å². The smallest absolute Gasteiger partial charge is 0.254 e. The molecule has 2 aliphatic heterocycles. The van der Waals surface area contributed by atoms with E-state index in [2.05, 4.69) is 9.88 Å². The maximum Gasteiger partial charge on any atom is 0.254 e. The molecule has 1 saturated carbocycles. The van der Waals surface area contributed by atoms with E-state index in [0.717, 1.165) is 44.6 Å². The summed E-state index contributed by atoms with van der Waals surface area (Å²) in [4.78, 5) is 37.7. The van der Waals surface area contributed by atoms with Gasteiger partial charge in [-0.25, -0.2) is 4.98 Å². The average Bonchev–Trinajstić information content (AvgIpc) is 3.24. The second-order valence-corrected chi connectivity index (χ2v) is 8.94. The molecule has 0 spiro atoms. The minimum absolute atomic E-state index is 0.0143. The Labute approximate surface area is 183 Å². The van der Waals surface area contributed by atoms with Crippen LogP contribution in [0.15, 0.2) is 54.7 Å². The number of amides is 2. The molecule has 5 rings (SSSR count). The minimum atomic E-state index is -0.331. The van der Waals surface area contributed by atoms with E-state index in [-0.39, 0.29) is 23.9 Å². The molecule has 0 bridgehead atoms. The van der Waals surface area contributed by atoms with Crippen LogP contribution in [0.5, 0.6) is 0 Å². The van der Waals surface area contributed by atoms with Crippen LogP contribution in [0.25, 0.3) is 0 Å². The van der Waals surface area contributed by atoms with Gasteiger partial charge in [0.2, 0.25) is 5.91 Å². The lowest BCUT2D eigenvalue weighted by atomic mass is 9.84. The number of hydrogen-bond donors (Lipinski definition) is 0. The third-order valence-corrected chi connectivity index (χ3v) is 7.19. The van der Waals surface area contributed by atoms with E-state index in [1.54, 1.807) is 6.20 Å². The highest BCUT2D eigenvalue weighted by Crippen LogP contribution is 2.41. The molecule has 1 aliphatic carbocycles. The number of piperazine rings is 1. The van der Waals surface area contributed by atoms with E-state index in [4.69, 9.17) is 0 Å². The molecule has 6 heteroatoms. The second kappa shape index (κ2) is 8.69. The van der Waals surface area contributed by atoms with Crippen molar-refractivity contribution in [3.05, 3.63) is 60.3 Å². The topological polar surface area (TPSA) is 56.8 Å². The zero-order chi connectivity index (χ0) is 21.2. The molecule has 2 amide bonds. The van der Waals surface area contributed by atoms with Crippen molar-refractivity contribution in [1.82, 2.24) is 14.8 Å². The fourth-order valence-corrected chi connectivity index (χ4v) is 5.61. The van der Waals surface area contributed by atoms with Crippen molar-refractivity contribution in [2.45, 2.75) is 44.2 Å². The van der Waals surface area contributed by atoms with Gasteiger partial charge in [-0.05, 0) is 49.4 Å². The Balaban J connectivity index is 1.32. The zero-order valence-corrected chi connectivity index (χ0v) is 17.9.